The highest BCUT2D eigenvalue weighted by molar-refractivity contribution is 5.86. The lowest BCUT2D eigenvalue weighted by Gasteiger charge is -2.29. The van der Waals surface area contributed by atoms with Gasteiger partial charge in [0.15, 0.2) is 0 Å². The first-order valence-electron chi connectivity index (χ1n) is 4.81. The first-order chi connectivity index (χ1) is 5.60. The highest BCUT2D eigenvalue weighted by Crippen LogP contribution is 2.51. The maximum atomic E-state index is 11.5. The van der Waals surface area contributed by atoms with Crippen molar-refractivity contribution >= 4 is 5.78 Å². The van der Waals surface area contributed by atoms with E-state index in [1.807, 2.05) is 6.92 Å². The fourth-order valence-corrected chi connectivity index (χ4v) is 2.97. The Balaban J connectivity index is 2.34. The summed E-state index contributed by atoms with van der Waals surface area (Å²) in [5, 5.41) is 0. The Hall–Kier alpha value is -0.370. The molecule has 12 heavy (non-hydrogen) atoms. The number of carbonyl (C=O) groups excluding carboxylic acids is 1. The predicted molar refractivity (Wildman–Crippen MR) is 45.8 cm³/mol. The van der Waals surface area contributed by atoms with Crippen LogP contribution in [-0.2, 0) is 9.53 Å². The standard InChI is InChI=1S/C10H16O2/c1-4-10-5-8(11)9(6(10)2)7(3)12-10/h6-7,9H,4-5H2,1-3H3/t6-,7+,9+,10-/m1/s1. The topological polar surface area (TPSA) is 26.3 Å². The molecule has 0 aromatic heterocycles. The van der Waals surface area contributed by atoms with Crippen molar-refractivity contribution in [1.29, 1.82) is 0 Å². The van der Waals surface area contributed by atoms with Crippen LogP contribution in [0.4, 0.5) is 0 Å². The van der Waals surface area contributed by atoms with Gasteiger partial charge in [-0.1, -0.05) is 13.8 Å². The Morgan fingerprint density at radius 1 is 1.58 bits per heavy atom. The van der Waals surface area contributed by atoms with E-state index in [1.54, 1.807) is 0 Å². The molecule has 2 fully saturated rings. The van der Waals surface area contributed by atoms with Crippen LogP contribution in [-0.4, -0.2) is 17.5 Å². The summed E-state index contributed by atoms with van der Waals surface area (Å²) in [6, 6.07) is 0. The van der Waals surface area contributed by atoms with Gasteiger partial charge in [-0.25, -0.2) is 0 Å². The van der Waals surface area contributed by atoms with Crippen molar-refractivity contribution in [3.8, 4) is 0 Å². The van der Waals surface area contributed by atoms with E-state index in [9.17, 15) is 4.79 Å². The largest absolute Gasteiger partial charge is 0.371 e. The van der Waals surface area contributed by atoms with Gasteiger partial charge < -0.3 is 4.74 Å². The van der Waals surface area contributed by atoms with Crippen molar-refractivity contribution in [2.75, 3.05) is 0 Å². The second-order valence-corrected chi connectivity index (χ2v) is 4.20. The van der Waals surface area contributed by atoms with Crippen LogP contribution in [0.15, 0.2) is 0 Å². The van der Waals surface area contributed by atoms with Crippen LogP contribution in [0, 0.1) is 11.8 Å². The van der Waals surface area contributed by atoms with Gasteiger partial charge in [0.05, 0.1) is 11.7 Å². The molecule has 0 spiro atoms. The van der Waals surface area contributed by atoms with Gasteiger partial charge in [-0.2, -0.15) is 0 Å². The number of Topliss-reactive ketones (excluding diaryl/α,β-unsaturated/α-hetero) is 1. The van der Waals surface area contributed by atoms with Crippen LogP contribution < -0.4 is 0 Å². The minimum atomic E-state index is -0.0961. The maximum absolute atomic E-state index is 11.5. The molecule has 0 radical (unpaired) electrons. The molecular weight excluding hydrogens is 152 g/mol. The van der Waals surface area contributed by atoms with Crippen LogP contribution in [0.2, 0.25) is 0 Å². The average Bonchev–Trinajstić information content (AvgIpc) is 2.37. The molecule has 0 aromatic carbocycles. The molecule has 2 rings (SSSR count). The molecular formula is C10H16O2. The molecule has 1 saturated carbocycles. The average molecular weight is 168 g/mol. The third-order valence-corrected chi connectivity index (χ3v) is 3.74. The zero-order chi connectivity index (χ0) is 8.93. The Labute approximate surface area is 73.3 Å². The van der Waals surface area contributed by atoms with Crippen LogP contribution in [0.5, 0.6) is 0 Å². The van der Waals surface area contributed by atoms with E-state index in [1.165, 1.54) is 0 Å². The molecule has 2 aliphatic rings. The van der Waals surface area contributed by atoms with Crippen LogP contribution >= 0.6 is 0 Å². The van der Waals surface area contributed by atoms with E-state index >= 15 is 0 Å². The lowest BCUT2D eigenvalue weighted by molar-refractivity contribution is -0.136. The van der Waals surface area contributed by atoms with E-state index in [0.29, 0.717) is 18.1 Å². The monoisotopic (exact) mass is 168 g/mol. The minimum absolute atomic E-state index is 0.0961. The molecule has 2 bridgehead atoms. The molecule has 68 valence electrons. The summed E-state index contributed by atoms with van der Waals surface area (Å²) in [6.07, 6.45) is 1.78. The van der Waals surface area contributed by atoms with Crippen LogP contribution in [0.3, 0.4) is 0 Å². The Morgan fingerprint density at radius 2 is 2.25 bits per heavy atom. The number of hydrogen-bond acceptors (Lipinski definition) is 2. The van der Waals surface area contributed by atoms with Gasteiger partial charge >= 0.3 is 0 Å². The molecule has 0 N–H and O–H groups in total. The summed E-state index contributed by atoms with van der Waals surface area (Å²) in [5.41, 5.74) is -0.0961. The number of ketones is 1. The zero-order valence-electron chi connectivity index (χ0n) is 7.96. The van der Waals surface area contributed by atoms with Crippen LogP contribution in [0.25, 0.3) is 0 Å². The van der Waals surface area contributed by atoms with Crippen molar-refractivity contribution in [3.05, 3.63) is 0 Å². The zero-order valence-corrected chi connectivity index (χ0v) is 7.96. The molecule has 2 heteroatoms. The minimum Gasteiger partial charge on any atom is -0.371 e. The summed E-state index contributed by atoms with van der Waals surface area (Å²) in [7, 11) is 0. The highest BCUT2D eigenvalue weighted by atomic mass is 16.5. The van der Waals surface area contributed by atoms with Crippen molar-refractivity contribution in [1.82, 2.24) is 0 Å². The summed E-state index contributed by atoms with van der Waals surface area (Å²) < 4.78 is 5.86. The first-order valence-corrected chi connectivity index (χ1v) is 4.81. The van der Waals surface area contributed by atoms with E-state index in [0.717, 1.165) is 6.42 Å². The van der Waals surface area contributed by atoms with Gasteiger partial charge in [0, 0.05) is 12.3 Å². The van der Waals surface area contributed by atoms with Gasteiger partial charge in [-0.3, -0.25) is 4.79 Å². The van der Waals surface area contributed by atoms with Gasteiger partial charge in [0.1, 0.15) is 5.78 Å². The normalized spacial score (nSPS) is 51.9. The predicted octanol–water partition coefficient (Wildman–Crippen LogP) is 1.78. The lowest BCUT2D eigenvalue weighted by atomic mass is 9.87. The van der Waals surface area contributed by atoms with Gasteiger partial charge in [-0.05, 0) is 19.3 Å². The second kappa shape index (κ2) is 2.32. The number of carbonyl (C=O) groups is 1. The first kappa shape index (κ1) is 8.24. The van der Waals surface area contributed by atoms with E-state index < -0.39 is 0 Å². The van der Waals surface area contributed by atoms with Gasteiger partial charge in [0.25, 0.3) is 0 Å². The molecule has 1 saturated heterocycles. The van der Waals surface area contributed by atoms with Crippen molar-refractivity contribution < 1.29 is 9.53 Å². The van der Waals surface area contributed by atoms with E-state index in [-0.39, 0.29) is 17.6 Å². The van der Waals surface area contributed by atoms with E-state index in [4.69, 9.17) is 4.74 Å². The number of hydrogen-bond donors (Lipinski definition) is 0. The summed E-state index contributed by atoms with van der Waals surface area (Å²) >= 11 is 0. The number of fused-ring (bicyclic) bond motifs is 2. The molecule has 0 aromatic rings. The fourth-order valence-electron chi connectivity index (χ4n) is 2.97. The third-order valence-electron chi connectivity index (χ3n) is 3.74. The Morgan fingerprint density at radius 3 is 2.58 bits per heavy atom. The highest BCUT2D eigenvalue weighted by Gasteiger charge is 2.59. The SMILES string of the molecule is CC[C@]12CC(=O)[C@H]([C@H](C)O1)[C@H]2C. The summed E-state index contributed by atoms with van der Waals surface area (Å²) in [4.78, 5) is 11.5. The molecule has 1 aliphatic heterocycles. The molecule has 0 unspecified atom stereocenters. The molecule has 2 nitrogen and oxygen atoms in total. The summed E-state index contributed by atoms with van der Waals surface area (Å²) in [5.74, 6) is 1.04. The van der Waals surface area contributed by atoms with E-state index in [2.05, 4.69) is 13.8 Å². The fraction of sp³-hybridized carbons (Fsp3) is 0.900. The molecule has 1 heterocycles. The van der Waals surface area contributed by atoms with Crippen LogP contribution in [0.1, 0.15) is 33.6 Å². The van der Waals surface area contributed by atoms with Crippen molar-refractivity contribution in [2.45, 2.75) is 45.3 Å². The Bertz CT molecular complexity index is 224. The third kappa shape index (κ3) is 0.764. The van der Waals surface area contributed by atoms with Gasteiger partial charge in [0.2, 0.25) is 0 Å². The van der Waals surface area contributed by atoms with Crippen molar-refractivity contribution in [2.24, 2.45) is 11.8 Å². The Kier molecular flexibility index (Phi) is 1.59. The van der Waals surface area contributed by atoms with Gasteiger partial charge in [-0.15, -0.1) is 0 Å². The molecule has 1 aliphatic carbocycles. The number of rotatable bonds is 1. The molecule has 0 amide bonds. The summed E-state index contributed by atoms with van der Waals surface area (Å²) in [6.45, 7) is 6.29. The smallest absolute Gasteiger partial charge is 0.141 e. The lowest BCUT2D eigenvalue weighted by Crippen LogP contribution is -2.34. The number of ether oxygens (including phenoxy) is 1. The molecule has 4 atom stereocenters. The quantitative estimate of drug-likeness (QED) is 0.596. The second-order valence-electron chi connectivity index (χ2n) is 4.20. The van der Waals surface area contributed by atoms with Crippen molar-refractivity contribution in [3.63, 3.8) is 0 Å². The maximum Gasteiger partial charge on any atom is 0.141 e.